The van der Waals surface area contributed by atoms with Crippen LogP contribution in [0.25, 0.3) is 0 Å². The molecule has 2 N–H and O–H groups in total. The van der Waals surface area contributed by atoms with E-state index >= 15 is 0 Å². The monoisotopic (exact) mass is 392 g/mol. The number of hydrogen-bond donors (Lipinski definition) is 2. The van der Waals surface area contributed by atoms with Crippen molar-refractivity contribution >= 4 is 23.5 Å². The van der Waals surface area contributed by atoms with Gasteiger partial charge in [0.05, 0.1) is 11.3 Å². The van der Waals surface area contributed by atoms with E-state index in [4.69, 9.17) is 0 Å². The highest BCUT2D eigenvalue weighted by molar-refractivity contribution is 6.10. The minimum Gasteiger partial charge on any atom is -0.325 e. The summed E-state index contributed by atoms with van der Waals surface area (Å²) in [7, 11) is 0. The van der Waals surface area contributed by atoms with Gasteiger partial charge in [0.1, 0.15) is 6.54 Å². The average Bonchev–Trinajstić information content (AvgIpc) is 2.86. The molecule has 1 aliphatic rings. The van der Waals surface area contributed by atoms with E-state index in [9.17, 15) is 27.6 Å². The van der Waals surface area contributed by atoms with Crippen LogP contribution in [0, 0.1) is 0 Å². The summed E-state index contributed by atoms with van der Waals surface area (Å²) in [6, 6.07) is 7.94. The van der Waals surface area contributed by atoms with Crippen LogP contribution in [-0.4, -0.2) is 34.3 Å². The van der Waals surface area contributed by atoms with E-state index in [1.54, 1.807) is 18.2 Å². The molecule has 28 heavy (non-hydrogen) atoms. The molecule has 1 aliphatic heterocycles. The summed E-state index contributed by atoms with van der Waals surface area (Å²) in [5, 5.41) is 4.87. The van der Waals surface area contributed by atoms with Crippen LogP contribution in [0.1, 0.15) is 18.2 Å². The molecule has 4 amide bonds. The highest BCUT2D eigenvalue weighted by atomic mass is 19.4. The molecule has 1 saturated heterocycles. The lowest BCUT2D eigenvalue weighted by Crippen LogP contribution is -2.42. The van der Waals surface area contributed by atoms with E-state index in [1.807, 2.05) is 0 Å². The normalized spacial score (nSPS) is 19.5. The number of alkyl halides is 3. The summed E-state index contributed by atoms with van der Waals surface area (Å²) in [6.45, 7) is 0.886. The topological polar surface area (TPSA) is 91.4 Å². The van der Waals surface area contributed by atoms with Crippen LogP contribution < -0.4 is 10.6 Å². The third-order valence-electron chi connectivity index (χ3n) is 4.25. The molecule has 3 rings (SSSR count). The Kier molecular flexibility index (Phi) is 4.80. The van der Waals surface area contributed by atoms with Crippen molar-refractivity contribution in [3.8, 4) is 0 Å². The third-order valence-corrected chi connectivity index (χ3v) is 4.25. The molecular weight excluding hydrogens is 377 g/mol. The number of carbonyl (C=O) groups is 3. The molecule has 1 unspecified atom stereocenters. The molecule has 0 aliphatic carbocycles. The number of anilines is 1. The van der Waals surface area contributed by atoms with Gasteiger partial charge in [0.25, 0.3) is 5.91 Å². The lowest BCUT2D eigenvalue weighted by Gasteiger charge is -2.20. The molecule has 0 radical (unpaired) electrons. The predicted octanol–water partition coefficient (Wildman–Crippen LogP) is 2.51. The Morgan fingerprint density at radius 3 is 2.43 bits per heavy atom. The number of amides is 4. The van der Waals surface area contributed by atoms with Crippen molar-refractivity contribution in [2.45, 2.75) is 18.6 Å². The Hall–Kier alpha value is -3.43. The van der Waals surface area contributed by atoms with E-state index in [-0.39, 0.29) is 5.69 Å². The molecule has 0 saturated carbocycles. The molecule has 0 bridgehead atoms. The van der Waals surface area contributed by atoms with E-state index in [2.05, 4.69) is 15.6 Å². The maximum atomic E-state index is 12.7. The zero-order chi connectivity index (χ0) is 20.5. The van der Waals surface area contributed by atoms with Crippen LogP contribution in [0.4, 0.5) is 23.7 Å². The molecule has 2 heterocycles. The minimum absolute atomic E-state index is 0.109. The van der Waals surface area contributed by atoms with Gasteiger partial charge in [-0.05, 0) is 43.3 Å². The van der Waals surface area contributed by atoms with E-state index in [1.165, 1.54) is 13.1 Å². The van der Waals surface area contributed by atoms with Gasteiger partial charge in [-0.3, -0.25) is 19.5 Å². The molecule has 1 aromatic carbocycles. The van der Waals surface area contributed by atoms with Crippen molar-refractivity contribution in [2.24, 2.45) is 0 Å². The second-order valence-corrected chi connectivity index (χ2v) is 6.28. The number of hydrogen-bond acceptors (Lipinski definition) is 4. The van der Waals surface area contributed by atoms with Gasteiger partial charge in [0.2, 0.25) is 5.91 Å². The standard InChI is InChI=1S/C18H15F3N4O3/c1-17(13-4-2-3-9-22-13)15(27)25(16(28)24-17)10-14(26)23-12-7-5-11(6-8-12)18(19,20)21/h2-9H,10H2,1H3,(H,23,26)(H,24,28). The number of aromatic nitrogens is 1. The van der Waals surface area contributed by atoms with Crippen molar-refractivity contribution in [3.63, 3.8) is 0 Å². The molecule has 2 aromatic rings. The summed E-state index contributed by atoms with van der Waals surface area (Å²) < 4.78 is 37.7. The third kappa shape index (κ3) is 3.66. The summed E-state index contributed by atoms with van der Waals surface area (Å²) in [5.74, 6) is -1.38. The molecular formula is C18H15F3N4O3. The molecule has 1 fully saturated rings. The molecule has 1 atom stereocenters. The van der Waals surface area contributed by atoms with Gasteiger partial charge in [-0.15, -0.1) is 0 Å². The lowest BCUT2D eigenvalue weighted by molar-refractivity contribution is -0.137. The van der Waals surface area contributed by atoms with Crippen LogP contribution in [0.15, 0.2) is 48.7 Å². The first kappa shape index (κ1) is 19.3. The minimum atomic E-state index is -4.49. The SMILES string of the molecule is CC1(c2ccccn2)NC(=O)N(CC(=O)Nc2ccc(C(F)(F)F)cc2)C1=O. The number of benzene rings is 1. The second kappa shape index (κ2) is 6.95. The fourth-order valence-electron chi connectivity index (χ4n) is 2.76. The number of halogens is 3. The molecule has 0 spiro atoms. The Morgan fingerprint density at radius 2 is 1.86 bits per heavy atom. The van der Waals surface area contributed by atoms with Crippen LogP contribution in [0.3, 0.4) is 0 Å². The van der Waals surface area contributed by atoms with Crippen molar-refractivity contribution < 1.29 is 27.6 Å². The highest BCUT2D eigenvalue weighted by Gasteiger charge is 2.50. The molecule has 1 aromatic heterocycles. The van der Waals surface area contributed by atoms with Crippen LogP contribution in [0.5, 0.6) is 0 Å². The van der Waals surface area contributed by atoms with E-state index in [0.29, 0.717) is 5.69 Å². The van der Waals surface area contributed by atoms with Gasteiger partial charge < -0.3 is 10.6 Å². The number of nitrogens with zero attached hydrogens (tertiary/aromatic N) is 2. The number of urea groups is 1. The first-order chi connectivity index (χ1) is 13.1. The summed E-state index contributed by atoms with van der Waals surface area (Å²) in [5.41, 5.74) is -1.84. The van der Waals surface area contributed by atoms with Crippen LogP contribution in [-0.2, 0) is 21.3 Å². The van der Waals surface area contributed by atoms with Gasteiger partial charge in [-0.2, -0.15) is 13.2 Å². The van der Waals surface area contributed by atoms with Crippen LogP contribution in [0.2, 0.25) is 0 Å². The molecule has 10 heteroatoms. The van der Waals surface area contributed by atoms with Crippen molar-refractivity contribution in [3.05, 3.63) is 59.9 Å². The first-order valence-electron chi connectivity index (χ1n) is 8.14. The Bertz CT molecular complexity index is 916. The van der Waals surface area contributed by atoms with Gasteiger partial charge in [0.15, 0.2) is 5.54 Å². The highest BCUT2D eigenvalue weighted by Crippen LogP contribution is 2.30. The quantitative estimate of drug-likeness (QED) is 0.783. The van der Waals surface area contributed by atoms with Crippen LogP contribution >= 0.6 is 0 Å². The van der Waals surface area contributed by atoms with E-state index < -0.39 is 41.7 Å². The zero-order valence-electron chi connectivity index (χ0n) is 14.6. The van der Waals surface area contributed by atoms with Crippen molar-refractivity contribution in [1.29, 1.82) is 0 Å². The van der Waals surface area contributed by atoms with Gasteiger partial charge in [-0.25, -0.2) is 4.79 Å². The fraction of sp³-hybridized carbons (Fsp3) is 0.222. The largest absolute Gasteiger partial charge is 0.416 e. The van der Waals surface area contributed by atoms with E-state index in [0.717, 1.165) is 29.2 Å². The molecule has 7 nitrogen and oxygen atoms in total. The Labute approximate surface area is 157 Å². The maximum absolute atomic E-state index is 12.7. The van der Waals surface area contributed by atoms with Crippen molar-refractivity contribution in [1.82, 2.24) is 15.2 Å². The second-order valence-electron chi connectivity index (χ2n) is 6.28. The average molecular weight is 392 g/mol. The zero-order valence-corrected chi connectivity index (χ0v) is 14.6. The molecule has 146 valence electrons. The van der Waals surface area contributed by atoms with Gasteiger partial charge in [-0.1, -0.05) is 6.07 Å². The maximum Gasteiger partial charge on any atom is 0.416 e. The van der Waals surface area contributed by atoms with Gasteiger partial charge >= 0.3 is 12.2 Å². The predicted molar refractivity (Wildman–Crippen MR) is 91.9 cm³/mol. The Balaban J connectivity index is 1.69. The number of pyridine rings is 1. The van der Waals surface area contributed by atoms with Gasteiger partial charge in [0, 0.05) is 11.9 Å². The number of carbonyl (C=O) groups excluding carboxylic acids is 3. The summed E-state index contributed by atoms with van der Waals surface area (Å²) >= 11 is 0. The van der Waals surface area contributed by atoms with Crippen molar-refractivity contribution in [2.75, 3.05) is 11.9 Å². The Morgan fingerprint density at radius 1 is 1.18 bits per heavy atom. The number of imide groups is 1. The fourth-order valence-corrected chi connectivity index (χ4v) is 2.76. The smallest absolute Gasteiger partial charge is 0.325 e. The lowest BCUT2D eigenvalue weighted by atomic mass is 9.97. The summed E-state index contributed by atoms with van der Waals surface area (Å²) in [4.78, 5) is 41.8. The number of rotatable bonds is 4. The summed E-state index contributed by atoms with van der Waals surface area (Å²) in [6.07, 6.45) is -3.02. The first-order valence-corrected chi connectivity index (χ1v) is 8.14. The number of nitrogens with one attached hydrogen (secondary N) is 2.